The molecule has 1 N–H and O–H groups in total. The third-order valence-electron chi connectivity index (χ3n) is 4.32. The summed E-state index contributed by atoms with van der Waals surface area (Å²) in [6, 6.07) is 17.0. The standard InChI is InChI=1S/C20H17ClN4O/c1-13-22-17(20(26)24-16-8-6-15(21)7-9-16)12-19(23-13)25-11-10-14-4-2-3-5-18(14)25/h2-9,12H,10-11H2,1H3,(H,24,26). The summed E-state index contributed by atoms with van der Waals surface area (Å²) < 4.78 is 0. The van der Waals surface area contributed by atoms with Crippen LogP contribution in [0.1, 0.15) is 21.9 Å². The molecule has 2 heterocycles. The SMILES string of the molecule is Cc1nc(C(=O)Nc2ccc(Cl)cc2)cc(N2CCc3ccccc32)n1. The van der Waals surface area contributed by atoms with Gasteiger partial charge in [0.05, 0.1) is 0 Å². The van der Waals surface area contributed by atoms with Crippen LogP contribution in [0, 0.1) is 6.92 Å². The van der Waals surface area contributed by atoms with Crippen LogP contribution in [0.25, 0.3) is 0 Å². The molecule has 2 aromatic carbocycles. The lowest BCUT2D eigenvalue weighted by Crippen LogP contribution is -2.19. The Hall–Kier alpha value is -2.92. The lowest BCUT2D eigenvalue weighted by Gasteiger charge is -2.19. The molecule has 1 aromatic heterocycles. The van der Waals surface area contributed by atoms with Crippen molar-refractivity contribution >= 4 is 34.7 Å². The summed E-state index contributed by atoms with van der Waals surface area (Å²) in [6.45, 7) is 2.64. The molecule has 1 aliphatic rings. The van der Waals surface area contributed by atoms with Crippen molar-refractivity contribution in [2.24, 2.45) is 0 Å². The fraction of sp³-hybridized carbons (Fsp3) is 0.150. The summed E-state index contributed by atoms with van der Waals surface area (Å²) in [5, 5.41) is 3.46. The summed E-state index contributed by atoms with van der Waals surface area (Å²) in [6.07, 6.45) is 0.964. The van der Waals surface area contributed by atoms with Gasteiger partial charge in [-0.25, -0.2) is 9.97 Å². The highest BCUT2D eigenvalue weighted by Crippen LogP contribution is 2.33. The first-order valence-electron chi connectivity index (χ1n) is 8.38. The van der Waals surface area contributed by atoms with Crippen molar-refractivity contribution in [1.82, 2.24) is 9.97 Å². The van der Waals surface area contributed by atoms with Crippen molar-refractivity contribution in [3.63, 3.8) is 0 Å². The van der Waals surface area contributed by atoms with Gasteiger partial charge in [-0.05, 0) is 49.2 Å². The number of hydrogen-bond donors (Lipinski definition) is 1. The number of benzene rings is 2. The number of fused-ring (bicyclic) bond motifs is 1. The Kier molecular flexibility index (Phi) is 4.31. The lowest BCUT2D eigenvalue weighted by molar-refractivity contribution is 0.102. The Balaban J connectivity index is 1.62. The van der Waals surface area contributed by atoms with E-state index in [0.29, 0.717) is 22.2 Å². The Bertz CT molecular complexity index is 972. The molecule has 0 atom stereocenters. The minimum atomic E-state index is -0.272. The minimum Gasteiger partial charge on any atom is -0.326 e. The van der Waals surface area contributed by atoms with Crippen molar-refractivity contribution < 1.29 is 4.79 Å². The molecule has 0 spiro atoms. The van der Waals surface area contributed by atoms with Crippen molar-refractivity contribution in [1.29, 1.82) is 0 Å². The molecular weight excluding hydrogens is 348 g/mol. The zero-order chi connectivity index (χ0) is 18.1. The molecule has 4 rings (SSSR count). The van der Waals surface area contributed by atoms with Crippen LogP contribution in [0.3, 0.4) is 0 Å². The average Bonchev–Trinajstić information content (AvgIpc) is 3.07. The summed E-state index contributed by atoms with van der Waals surface area (Å²) in [4.78, 5) is 23.6. The number of carbonyl (C=O) groups is 1. The molecule has 0 radical (unpaired) electrons. The van der Waals surface area contributed by atoms with Crippen LogP contribution in [0.4, 0.5) is 17.2 Å². The number of para-hydroxylation sites is 1. The number of halogens is 1. The van der Waals surface area contributed by atoms with Crippen molar-refractivity contribution in [2.45, 2.75) is 13.3 Å². The number of carbonyl (C=O) groups excluding carboxylic acids is 1. The predicted molar refractivity (Wildman–Crippen MR) is 103 cm³/mol. The van der Waals surface area contributed by atoms with E-state index >= 15 is 0 Å². The minimum absolute atomic E-state index is 0.272. The van der Waals surface area contributed by atoms with E-state index in [1.54, 1.807) is 37.3 Å². The molecule has 1 amide bonds. The molecule has 1 aliphatic heterocycles. The fourth-order valence-electron chi connectivity index (χ4n) is 3.11. The van der Waals surface area contributed by atoms with E-state index in [9.17, 15) is 4.79 Å². The summed E-state index contributed by atoms with van der Waals surface area (Å²) in [7, 11) is 0. The molecule has 130 valence electrons. The highest BCUT2D eigenvalue weighted by atomic mass is 35.5. The largest absolute Gasteiger partial charge is 0.326 e. The first-order chi connectivity index (χ1) is 12.6. The Labute approximate surface area is 156 Å². The normalized spacial score (nSPS) is 12.8. The molecule has 0 saturated carbocycles. The number of hydrogen-bond acceptors (Lipinski definition) is 4. The van der Waals surface area contributed by atoms with Gasteiger partial charge in [-0.2, -0.15) is 0 Å². The van der Waals surface area contributed by atoms with Crippen LogP contribution < -0.4 is 10.2 Å². The van der Waals surface area contributed by atoms with E-state index in [4.69, 9.17) is 11.6 Å². The molecule has 0 fully saturated rings. The number of nitrogens with zero attached hydrogens (tertiary/aromatic N) is 3. The number of aryl methyl sites for hydroxylation is 1. The Morgan fingerprint density at radius 3 is 2.69 bits per heavy atom. The van der Waals surface area contributed by atoms with Crippen molar-refractivity contribution in [3.8, 4) is 0 Å². The van der Waals surface area contributed by atoms with E-state index in [1.165, 1.54) is 5.56 Å². The second-order valence-electron chi connectivity index (χ2n) is 6.15. The van der Waals surface area contributed by atoms with Crippen LogP contribution in [0.5, 0.6) is 0 Å². The van der Waals surface area contributed by atoms with E-state index < -0.39 is 0 Å². The van der Waals surface area contributed by atoms with Gasteiger partial charge in [0, 0.05) is 29.0 Å². The van der Waals surface area contributed by atoms with Crippen LogP contribution >= 0.6 is 11.6 Å². The molecule has 26 heavy (non-hydrogen) atoms. The van der Waals surface area contributed by atoms with Crippen molar-refractivity contribution in [2.75, 3.05) is 16.8 Å². The summed E-state index contributed by atoms with van der Waals surface area (Å²) in [5.41, 5.74) is 3.43. The third-order valence-corrected chi connectivity index (χ3v) is 4.57. The van der Waals surface area contributed by atoms with Gasteiger partial charge < -0.3 is 10.2 Å². The van der Waals surface area contributed by atoms with Gasteiger partial charge >= 0.3 is 0 Å². The quantitative estimate of drug-likeness (QED) is 0.749. The number of nitrogens with one attached hydrogen (secondary N) is 1. The molecular formula is C20H17ClN4O. The van der Waals surface area contributed by atoms with Gasteiger partial charge in [0.15, 0.2) is 0 Å². The number of aromatic nitrogens is 2. The highest BCUT2D eigenvalue weighted by Gasteiger charge is 2.22. The topological polar surface area (TPSA) is 58.1 Å². The second-order valence-corrected chi connectivity index (χ2v) is 6.59. The van der Waals surface area contributed by atoms with Gasteiger partial charge in [0.25, 0.3) is 5.91 Å². The zero-order valence-electron chi connectivity index (χ0n) is 14.2. The van der Waals surface area contributed by atoms with Gasteiger partial charge in [-0.1, -0.05) is 29.8 Å². The molecule has 3 aromatic rings. The average molecular weight is 365 g/mol. The first-order valence-corrected chi connectivity index (χ1v) is 8.76. The molecule has 0 saturated heterocycles. The lowest BCUT2D eigenvalue weighted by atomic mass is 10.2. The zero-order valence-corrected chi connectivity index (χ0v) is 15.0. The van der Waals surface area contributed by atoms with Crippen LogP contribution in [0.15, 0.2) is 54.6 Å². The van der Waals surface area contributed by atoms with E-state index in [-0.39, 0.29) is 5.91 Å². The predicted octanol–water partition coefficient (Wildman–Crippen LogP) is 4.38. The summed E-state index contributed by atoms with van der Waals surface area (Å²) >= 11 is 5.88. The van der Waals surface area contributed by atoms with Crippen LogP contribution in [0.2, 0.25) is 5.02 Å². The maximum atomic E-state index is 12.6. The second kappa shape index (κ2) is 6.77. The van der Waals surface area contributed by atoms with E-state index in [1.807, 2.05) is 12.1 Å². The first kappa shape index (κ1) is 16.5. The Morgan fingerprint density at radius 2 is 1.88 bits per heavy atom. The molecule has 0 aliphatic carbocycles. The van der Waals surface area contributed by atoms with Crippen LogP contribution in [-0.2, 0) is 6.42 Å². The fourth-order valence-corrected chi connectivity index (χ4v) is 3.24. The summed E-state index contributed by atoms with van der Waals surface area (Å²) in [5.74, 6) is 1.03. The number of rotatable bonds is 3. The Morgan fingerprint density at radius 1 is 1.12 bits per heavy atom. The highest BCUT2D eigenvalue weighted by molar-refractivity contribution is 6.30. The van der Waals surface area contributed by atoms with Gasteiger partial charge in [0.2, 0.25) is 0 Å². The van der Waals surface area contributed by atoms with Gasteiger partial charge in [-0.3, -0.25) is 4.79 Å². The van der Waals surface area contributed by atoms with Crippen molar-refractivity contribution in [3.05, 3.63) is 76.7 Å². The van der Waals surface area contributed by atoms with E-state index in [2.05, 4.69) is 32.3 Å². The van der Waals surface area contributed by atoms with Crippen LogP contribution in [-0.4, -0.2) is 22.4 Å². The maximum absolute atomic E-state index is 12.6. The number of amides is 1. The molecule has 0 unspecified atom stereocenters. The number of anilines is 3. The smallest absolute Gasteiger partial charge is 0.274 e. The monoisotopic (exact) mass is 364 g/mol. The van der Waals surface area contributed by atoms with Gasteiger partial charge in [-0.15, -0.1) is 0 Å². The van der Waals surface area contributed by atoms with E-state index in [0.717, 1.165) is 24.5 Å². The molecule has 6 heteroatoms. The van der Waals surface area contributed by atoms with Gasteiger partial charge in [0.1, 0.15) is 17.3 Å². The third kappa shape index (κ3) is 3.26. The molecule has 5 nitrogen and oxygen atoms in total. The molecule has 0 bridgehead atoms. The maximum Gasteiger partial charge on any atom is 0.274 e.